The molecule has 0 unspecified atom stereocenters. The third-order valence-corrected chi connectivity index (χ3v) is 8.02. The number of carbonyl (C=O) groups excluding carboxylic acids is 2. The van der Waals surface area contributed by atoms with Crippen LogP contribution in [0.15, 0.2) is 33.9 Å². The summed E-state index contributed by atoms with van der Waals surface area (Å²) in [6.45, 7) is 3.33. The quantitative estimate of drug-likeness (QED) is 0.525. The summed E-state index contributed by atoms with van der Waals surface area (Å²) in [5, 5.41) is 11.6. The molecule has 7 heteroatoms. The highest BCUT2D eigenvalue weighted by molar-refractivity contribution is 8.00. The van der Waals surface area contributed by atoms with Crippen LogP contribution in [-0.4, -0.2) is 27.1 Å². The second kappa shape index (κ2) is 7.52. The summed E-state index contributed by atoms with van der Waals surface area (Å²) in [5.41, 5.74) is 1.25. The van der Waals surface area contributed by atoms with Gasteiger partial charge in [-0.1, -0.05) is 23.9 Å². The molecule has 6 nitrogen and oxygen atoms in total. The van der Waals surface area contributed by atoms with E-state index in [9.17, 15) is 9.59 Å². The average Bonchev–Trinajstić information content (AvgIpc) is 3.16. The number of thioether (sulfide) groups is 1. The van der Waals surface area contributed by atoms with Crippen molar-refractivity contribution in [3.8, 4) is 0 Å². The molecule has 1 atom stereocenters. The fourth-order valence-electron chi connectivity index (χ4n) is 6.11. The summed E-state index contributed by atoms with van der Waals surface area (Å²) in [4.78, 5) is 24.2. The van der Waals surface area contributed by atoms with E-state index in [-0.39, 0.29) is 17.1 Å². The monoisotopic (exact) mass is 425 g/mol. The van der Waals surface area contributed by atoms with Crippen LogP contribution in [0.2, 0.25) is 0 Å². The Morgan fingerprint density at radius 3 is 2.43 bits per heavy atom. The van der Waals surface area contributed by atoms with Crippen molar-refractivity contribution in [2.45, 2.75) is 68.3 Å². The van der Waals surface area contributed by atoms with Crippen molar-refractivity contribution in [2.75, 3.05) is 5.32 Å². The Balaban J connectivity index is 1.25. The van der Waals surface area contributed by atoms with E-state index in [2.05, 4.69) is 15.5 Å². The molecule has 4 bridgehead atoms. The molecule has 1 heterocycles. The Bertz CT molecular complexity index is 950. The molecule has 1 N–H and O–H groups in total. The van der Waals surface area contributed by atoms with Gasteiger partial charge in [-0.25, -0.2) is 0 Å². The number of rotatable bonds is 6. The van der Waals surface area contributed by atoms with Gasteiger partial charge >= 0.3 is 0 Å². The molecule has 4 aliphatic rings. The zero-order valence-electron chi connectivity index (χ0n) is 17.4. The van der Waals surface area contributed by atoms with Gasteiger partial charge in [-0.3, -0.25) is 9.59 Å². The van der Waals surface area contributed by atoms with Gasteiger partial charge in [0, 0.05) is 16.7 Å². The van der Waals surface area contributed by atoms with Crippen molar-refractivity contribution in [3.63, 3.8) is 0 Å². The fraction of sp³-hybridized carbons (Fsp3) is 0.565. The maximum Gasteiger partial charge on any atom is 0.277 e. The summed E-state index contributed by atoms with van der Waals surface area (Å²) < 4.78 is 6.11. The number of anilines is 1. The minimum atomic E-state index is -0.393. The van der Waals surface area contributed by atoms with E-state index in [4.69, 9.17) is 4.42 Å². The zero-order valence-corrected chi connectivity index (χ0v) is 18.2. The highest BCUT2D eigenvalue weighted by atomic mass is 32.2. The number of Topliss-reactive ketones (excluding diaryl/α,β-unsaturated/α-hetero) is 1. The van der Waals surface area contributed by atoms with Crippen LogP contribution < -0.4 is 5.32 Å². The first kappa shape index (κ1) is 19.8. The lowest BCUT2D eigenvalue weighted by Gasteiger charge is -2.55. The Hall–Kier alpha value is -2.15. The highest BCUT2D eigenvalue weighted by Gasteiger charge is 2.54. The number of amides is 1. The predicted octanol–water partition coefficient (Wildman–Crippen LogP) is 4.86. The van der Waals surface area contributed by atoms with Crippen LogP contribution in [0.4, 0.5) is 5.69 Å². The van der Waals surface area contributed by atoms with Crippen molar-refractivity contribution in [1.29, 1.82) is 0 Å². The van der Waals surface area contributed by atoms with E-state index in [1.165, 1.54) is 57.2 Å². The van der Waals surface area contributed by atoms with Crippen LogP contribution in [0.1, 0.15) is 68.6 Å². The van der Waals surface area contributed by atoms with Crippen LogP contribution in [0.5, 0.6) is 0 Å². The van der Waals surface area contributed by atoms with Crippen molar-refractivity contribution >= 4 is 29.1 Å². The topological polar surface area (TPSA) is 85.1 Å². The largest absolute Gasteiger partial charge is 0.415 e. The molecule has 1 amide bonds. The van der Waals surface area contributed by atoms with Crippen molar-refractivity contribution in [2.24, 2.45) is 17.8 Å². The molecule has 30 heavy (non-hydrogen) atoms. The number of benzene rings is 1. The molecule has 0 spiro atoms. The van der Waals surface area contributed by atoms with Crippen molar-refractivity contribution in [3.05, 3.63) is 35.7 Å². The smallest absolute Gasteiger partial charge is 0.277 e. The summed E-state index contributed by atoms with van der Waals surface area (Å²) in [6, 6.07) is 6.97. The first-order valence-corrected chi connectivity index (χ1v) is 11.7. The van der Waals surface area contributed by atoms with Gasteiger partial charge in [0.05, 0.1) is 5.25 Å². The van der Waals surface area contributed by atoms with Gasteiger partial charge in [0.1, 0.15) is 0 Å². The maximum absolute atomic E-state index is 12.6. The molecule has 6 rings (SSSR count). The van der Waals surface area contributed by atoms with Crippen molar-refractivity contribution < 1.29 is 14.0 Å². The number of aromatic nitrogens is 2. The zero-order chi connectivity index (χ0) is 20.9. The van der Waals surface area contributed by atoms with Gasteiger partial charge in [-0.05, 0) is 82.3 Å². The molecule has 0 aliphatic heterocycles. The third-order valence-electron chi connectivity index (χ3n) is 7.08. The van der Waals surface area contributed by atoms with Gasteiger partial charge < -0.3 is 9.73 Å². The Kier molecular flexibility index (Phi) is 4.96. The summed E-state index contributed by atoms with van der Waals surface area (Å²) in [5.74, 6) is 3.04. The van der Waals surface area contributed by atoms with Crippen LogP contribution in [0, 0.1) is 17.8 Å². The molecule has 0 radical (unpaired) electrons. The molecule has 1 aromatic heterocycles. The lowest BCUT2D eigenvalue weighted by molar-refractivity contribution is -0.115. The molecule has 4 aliphatic carbocycles. The lowest BCUT2D eigenvalue weighted by Crippen LogP contribution is -2.48. The molecule has 1 aromatic carbocycles. The van der Waals surface area contributed by atoms with E-state index < -0.39 is 5.25 Å². The summed E-state index contributed by atoms with van der Waals surface area (Å²) in [7, 11) is 0. The van der Waals surface area contributed by atoms with Crippen LogP contribution in [0.3, 0.4) is 0 Å². The molecule has 0 saturated heterocycles. The summed E-state index contributed by atoms with van der Waals surface area (Å²) in [6.07, 6.45) is 7.64. The average molecular weight is 426 g/mol. The van der Waals surface area contributed by atoms with Gasteiger partial charge in [0.15, 0.2) is 5.78 Å². The second-order valence-electron chi connectivity index (χ2n) is 9.46. The Labute approximate surface area is 180 Å². The van der Waals surface area contributed by atoms with Crippen LogP contribution in [0.25, 0.3) is 0 Å². The predicted molar refractivity (Wildman–Crippen MR) is 115 cm³/mol. The molecule has 4 saturated carbocycles. The number of nitrogens with one attached hydrogen (secondary N) is 1. The van der Waals surface area contributed by atoms with E-state index in [0.717, 1.165) is 23.6 Å². The van der Waals surface area contributed by atoms with Gasteiger partial charge in [0.2, 0.25) is 11.8 Å². The molecular weight excluding hydrogens is 398 g/mol. The molecule has 2 aromatic rings. The van der Waals surface area contributed by atoms with E-state index in [0.29, 0.717) is 16.5 Å². The number of nitrogens with zero attached hydrogens (tertiary/aromatic N) is 2. The standard InChI is InChI=1S/C23H27N3O3S/c1-13(27)18-4-3-5-19(9-18)24-20(28)14(2)30-22-26-25-21(29-22)23-10-15-6-16(11-23)8-17(7-15)12-23/h3-5,9,14-17H,6-8,10-12H2,1-2H3,(H,24,28)/t14-,15?,16?,17?,23?/m0/s1. The van der Waals surface area contributed by atoms with Gasteiger partial charge in [0.25, 0.3) is 5.22 Å². The SMILES string of the molecule is CC(=O)c1cccc(NC(=O)[C@H](C)Sc2nnc(C34CC5CC(CC(C5)C3)C4)o2)c1. The maximum atomic E-state index is 12.6. The number of ketones is 1. The number of carbonyl (C=O) groups is 2. The highest BCUT2D eigenvalue weighted by Crippen LogP contribution is 2.60. The molecular formula is C23H27N3O3S. The molecule has 4 fully saturated rings. The Morgan fingerprint density at radius 2 is 1.80 bits per heavy atom. The first-order valence-electron chi connectivity index (χ1n) is 10.8. The Morgan fingerprint density at radius 1 is 1.13 bits per heavy atom. The minimum Gasteiger partial charge on any atom is -0.415 e. The number of hydrogen-bond donors (Lipinski definition) is 1. The van der Waals surface area contributed by atoms with E-state index >= 15 is 0 Å². The fourth-order valence-corrected chi connectivity index (χ4v) is 6.79. The number of hydrogen-bond acceptors (Lipinski definition) is 6. The van der Waals surface area contributed by atoms with Crippen LogP contribution in [-0.2, 0) is 10.2 Å². The van der Waals surface area contributed by atoms with Gasteiger partial charge in [-0.15, -0.1) is 10.2 Å². The minimum absolute atomic E-state index is 0.0309. The van der Waals surface area contributed by atoms with Crippen LogP contribution >= 0.6 is 11.8 Å². The normalized spacial score (nSPS) is 30.3. The first-order chi connectivity index (χ1) is 14.4. The van der Waals surface area contributed by atoms with E-state index in [1.807, 2.05) is 6.92 Å². The van der Waals surface area contributed by atoms with Gasteiger partial charge in [-0.2, -0.15) is 0 Å². The second-order valence-corrected chi connectivity index (χ2v) is 10.7. The van der Waals surface area contributed by atoms with E-state index in [1.54, 1.807) is 24.3 Å². The summed E-state index contributed by atoms with van der Waals surface area (Å²) >= 11 is 1.29. The molecule has 158 valence electrons. The third kappa shape index (κ3) is 3.68. The van der Waals surface area contributed by atoms with Crippen molar-refractivity contribution in [1.82, 2.24) is 10.2 Å². The lowest BCUT2D eigenvalue weighted by atomic mass is 9.49.